The predicted octanol–water partition coefficient (Wildman–Crippen LogP) is 0.362. The number of carbonyl (C=O) groups is 1. The Morgan fingerprint density at radius 1 is 1.44 bits per heavy atom. The van der Waals surface area contributed by atoms with Crippen LogP contribution in [0.3, 0.4) is 0 Å². The third-order valence-electron chi connectivity index (χ3n) is 2.10. The minimum Gasteiger partial charge on any atom is -0.383 e. The number of nitrogens with one attached hydrogen (secondary N) is 1. The molecular weight excluding hydrogens is 261 g/mol. The van der Waals surface area contributed by atoms with Crippen LogP contribution in [0.5, 0.6) is 0 Å². The molecule has 0 aliphatic heterocycles. The third-order valence-corrected chi connectivity index (χ3v) is 3.72. The topological polar surface area (TPSA) is 72.5 Å². The van der Waals surface area contributed by atoms with Crippen molar-refractivity contribution in [2.45, 2.75) is 4.90 Å². The number of halogens is 1. The van der Waals surface area contributed by atoms with Gasteiger partial charge in [0.2, 0.25) is 5.91 Å². The summed E-state index contributed by atoms with van der Waals surface area (Å²) in [5, 5.41) is 2.39. The van der Waals surface area contributed by atoms with Crippen LogP contribution in [-0.4, -0.2) is 40.3 Å². The number of rotatable bonds is 6. The molecule has 0 spiro atoms. The Bertz CT molecular complexity index is 516. The van der Waals surface area contributed by atoms with Crippen molar-refractivity contribution in [3.05, 3.63) is 30.1 Å². The second kappa shape index (κ2) is 6.46. The molecule has 1 N–H and O–H groups in total. The lowest BCUT2D eigenvalue weighted by Gasteiger charge is -2.06. The first kappa shape index (κ1) is 14.6. The average molecular weight is 275 g/mol. The molecule has 0 radical (unpaired) electrons. The van der Waals surface area contributed by atoms with E-state index < -0.39 is 27.3 Å². The zero-order valence-electron chi connectivity index (χ0n) is 9.85. The summed E-state index contributed by atoms with van der Waals surface area (Å²) in [5.74, 6) is -2.01. The summed E-state index contributed by atoms with van der Waals surface area (Å²) in [7, 11) is -2.34. The van der Waals surface area contributed by atoms with Gasteiger partial charge in [0.1, 0.15) is 11.6 Å². The van der Waals surface area contributed by atoms with Crippen molar-refractivity contribution in [3.63, 3.8) is 0 Å². The molecule has 0 aromatic heterocycles. The van der Waals surface area contributed by atoms with Gasteiger partial charge in [0, 0.05) is 13.7 Å². The molecule has 0 unspecified atom stereocenters. The van der Waals surface area contributed by atoms with Crippen LogP contribution in [0.25, 0.3) is 0 Å². The predicted molar refractivity (Wildman–Crippen MR) is 63.3 cm³/mol. The quantitative estimate of drug-likeness (QED) is 0.761. The molecule has 1 rings (SSSR count). The van der Waals surface area contributed by atoms with Gasteiger partial charge in [-0.25, -0.2) is 12.8 Å². The largest absolute Gasteiger partial charge is 0.383 e. The van der Waals surface area contributed by atoms with Crippen LogP contribution in [-0.2, 0) is 19.4 Å². The molecule has 18 heavy (non-hydrogen) atoms. The fourth-order valence-electron chi connectivity index (χ4n) is 1.26. The summed E-state index contributed by atoms with van der Waals surface area (Å²) in [4.78, 5) is 11.1. The second-order valence-electron chi connectivity index (χ2n) is 3.56. The van der Waals surface area contributed by atoms with Gasteiger partial charge in [-0.15, -0.1) is 0 Å². The highest BCUT2D eigenvalue weighted by Crippen LogP contribution is 2.12. The normalized spacial score (nSPS) is 11.2. The number of hydrogen-bond acceptors (Lipinski definition) is 4. The summed E-state index contributed by atoms with van der Waals surface area (Å²) in [6.45, 7) is 0.528. The van der Waals surface area contributed by atoms with Gasteiger partial charge in [-0.05, 0) is 18.2 Å². The monoisotopic (exact) mass is 275 g/mol. The van der Waals surface area contributed by atoms with E-state index in [1.54, 1.807) is 0 Å². The SMILES string of the molecule is COCCNC(=O)CS(=O)(=O)c1cccc(F)c1. The van der Waals surface area contributed by atoms with Crippen LogP contribution in [0.15, 0.2) is 29.2 Å². The first-order chi connectivity index (χ1) is 8.45. The van der Waals surface area contributed by atoms with Crippen LogP contribution in [0.1, 0.15) is 0 Å². The zero-order valence-corrected chi connectivity index (χ0v) is 10.7. The second-order valence-corrected chi connectivity index (χ2v) is 5.55. The van der Waals surface area contributed by atoms with E-state index in [1.807, 2.05) is 0 Å². The Hall–Kier alpha value is -1.47. The zero-order chi connectivity index (χ0) is 13.6. The molecule has 0 saturated carbocycles. The van der Waals surface area contributed by atoms with Gasteiger partial charge < -0.3 is 10.1 Å². The first-order valence-corrected chi connectivity index (χ1v) is 6.85. The maximum absolute atomic E-state index is 12.9. The number of amides is 1. The number of methoxy groups -OCH3 is 1. The van der Waals surface area contributed by atoms with Gasteiger partial charge in [-0.1, -0.05) is 6.07 Å². The van der Waals surface area contributed by atoms with Crippen molar-refractivity contribution < 1.29 is 22.3 Å². The van der Waals surface area contributed by atoms with E-state index in [2.05, 4.69) is 5.32 Å². The fraction of sp³-hybridized carbons (Fsp3) is 0.364. The van der Waals surface area contributed by atoms with Crippen LogP contribution in [0.4, 0.5) is 4.39 Å². The minimum atomic E-state index is -3.81. The Labute approximate surface area is 105 Å². The molecule has 1 aromatic carbocycles. The van der Waals surface area contributed by atoms with E-state index in [4.69, 9.17) is 4.74 Å². The molecule has 1 amide bonds. The standard InChI is InChI=1S/C11H14FNO4S/c1-17-6-5-13-11(14)8-18(15,16)10-4-2-3-9(12)7-10/h2-4,7H,5-6,8H2,1H3,(H,13,14). The molecule has 0 aliphatic rings. The maximum atomic E-state index is 12.9. The Balaban J connectivity index is 2.68. The van der Waals surface area contributed by atoms with Gasteiger partial charge in [0.15, 0.2) is 9.84 Å². The molecule has 1 aromatic rings. The van der Waals surface area contributed by atoms with Gasteiger partial charge in [-0.2, -0.15) is 0 Å². The average Bonchev–Trinajstić information content (AvgIpc) is 2.28. The van der Waals surface area contributed by atoms with E-state index in [0.29, 0.717) is 6.61 Å². The van der Waals surface area contributed by atoms with E-state index in [-0.39, 0.29) is 11.4 Å². The Kier molecular flexibility index (Phi) is 5.24. The summed E-state index contributed by atoms with van der Waals surface area (Å²) in [6.07, 6.45) is 0. The highest BCUT2D eigenvalue weighted by molar-refractivity contribution is 7.92. The molecule has 100 valence electrons. The van der Waals surface area contributed by atoms with Crippen molar-refractivity contribution in [3.8, 4) is 0 Å². The summed E-state index contributed by atoms with van der Waals surface area (Å²) >= 11 is 0. The molecule has 0 saturated heterocycles. The number of sulfone groups is 1. The molecule has 7 heteroatoms. The lowest BCUT2D eigenvalue weighted by molar-refractivity contribution is -0.118. The van der Waals surface area contributed by atoms with Crippen molar-refractivity contribution in [2.24, 2.45) is 0 Å². The fourth-order valence-corrected chi connectivity index (χ4v) is 2.45. The lowest BCUT2D eigenvalue weighted by atomic mass is 10.4. The van der Waals surface area contributed by atoms with E-state index >= 15 is 0 Å². The molecular formula is C11H14FNO4S. The van der Waals surface area contributed by atoms with Gasteiger partial charge >= 0.3 is 0 Å². The molecule has 0 aliphatic carbocycles. The van der Waals surface area contributed by atoms with Crippen LogP contribution < -0.4 is 5.32 Å². The Morgan fingerprint density at radius 2 is 2.17 bits per heavy atom. The summed E-state index contributed by atoms with van der Waals surface area (Å²) in [6, 6.07) is 4.56. The Morgan fingerprint density at radius 3 is 2.78 bits per heavy atom. The van der Waals surface area contributed by atoms with Gasteiger partial charge in [0.05, 0.1) is 11.5 Å². The lowest BCUT2D eigenvalue weighted by Crippen LogP contribution is -2.32. The van der Waals surface area contributed by atoms with E-state index in [9.17, 15) is 17.6 Å². The van der Waals surface area contributed by atoms with Gasteiger partial charge in [-0.3, -0.25) is 4.79 Å². The smallest absolute Gasteiger partial charge is 0.235 e. The highest BCUT2D eigenvalue weighted by Gasteiger charge is 2.19. The molecule has 5 nitrogen and oxygen atoms in total. The minimum absolute atomic E-state index is 0.204. The van der Waals surface area contributed by atoms with Crippen LogP contribution in [0.2, 0.25) is 0 Å². The summed E-state index contributed by atoms with van der Waals surface area (Å²) < 4.78 is 41.1. The number of hydrogen-bond donors (Lipinski definition) is 1. The van der Waals surface area contributed by atoms with Crippen molar-refractivity contribution in [1.82, 2.24) is 5.32 Å². The van der Waals surface area contributed by atoms with Crippen molar-refractivity contribution in [1.29, 1.82) is 0 Å². The molecule has 0 fully saturated rings. The van der Waals surface area contributed by atoms with Crippen molar-refractivity contribution >= 4 is 15.7 Å². The molecule has 0 heterocycles. The maximum Gasteiger partial charge on any atom is 0.235 e. The van der Waals surface area contributed by atoms with E-state index in [0.717, 1.165) is 12.1 Å². The number of benzene rings is 1. The number of carbonyl (C=O) groups excluding carboxylic acids is 1. The molecule has 0 atom stereocenters. The third kappa shape index (κ3) is 4.42. The first-order valence-electron chi connectivity index (χ1n) is 5.19. The molecule has 0 bridgehead atoms. The number of ether oxygens (including phenoxy) is 1. The highest BCUT2D eigenvalue weighted by atomic mass is 32.2. The summed E-state index contributed by atoms with van der Waals surface area (Å²) in [5.41, 5.74) is 0. The van der Waals surface area contributed by atoms with Crippen LogP contribution in [0, 0.1) is 5.82 Å². The van der Waals surface area contributed by atoms with Crippen molar-refractivity contribution in [2.75, 3.05) is 26.0 Å². The van der Waals surface area contributed by atoms with Gasteiger partial charge in [0.25, 0.3) is 0 Å². The van der Waals surface area contributed by atoms with E-state index in [1.165, 1.54) is 19.2 Å². The van der Waals surface area contributed by atoms with Crippen LogP contribution >= 0.6 is 0 Å².